The van der Waals surface area contributed by atoms with Crippen molar-refractivity contribution >= 4 is 39.0 Å². The number of fused-ring (bicyclic) bond motifs is 1. The number of thiophene rings is 1. The molecule has 9 heteroatoms. The lowest BCUT2D eigenvalue weighted by Gasteiger charge is -2.20. The second-order valence-electron chi connectivity index (χ2n) is 8.36. The van der Waals surface area contributed by atoms with Gasteiger partial charge < -0.3 is 19.8 Å². The summed E-state index contributed by atoms with van der Waals surface area (Å²) in [5, 5.41) is 11.4. The highest BCUT2D eigenvalue weighted by atomic mass is 32.1. The van der Waals surface area contributed by atoms with Crippen LogP contribution in [0.4, 0.5) is 10.5 Å². The van der Waals surface area contributed by atoms with E-state index in [9.17, 15) is 4.79 Å². The van der Waals surface area contributed by atoms with Gasteiger partial charge in [-0.3, -0.25) is 10.7 Å². The lowest BCUT2D eigenvalue weighted by Crippen LogP contribution is -2.21. The smallest absolute Gasteiger partial charge is 0.411 e. The fourth-order valence-electron chi connectivity index (χ4n) is 3.88. The molecule has 186 valence electrons. The van der Waals surface area contributed by atoms with E-state index in [0.717, 1.165) is 21.2 Å². The summed E-state index contributed by atoms with van der Waals surface area (Å²) >= 11 is 1.43. The van der Waals surface area contributed by atoms with E-state index in [1.54, 1.807) is 12.5 Å². The Balaban J connectivity index is 1.26. The van der Waals surface area contributed by atoms with Crippen LogP contribution in [0.1, 0.15) is 22.1 Å². The number of nitrogen functional groups attached to an aromatic ring is 1. The molecule has 0 fully saturated rings. The average Bonchev–Trinajstić information content (AvgIpc) is 3.59. The molecule has 0 saturated heterocycles. The van der Waals surface area contributed by atoms with Crippen molar-refractivity contribution in [2.45, 2.75) is 12.6 Å². The maximum atomic E-state index is 12.6. The van der Waals surface area contributed by atoms with E-state index in [1.165, 1.54) is 11.3 Å². The van der Waals surface area contributed by atoms with Gasteiger partial charge in [-0.1, -0.05) is 48.5 Å². The van der Waals surface area contributed by atoms with Crippen molar-refractivity contribution in [3.63, 3.8) is 0 Å². The molecule has 1 amide bonds. The van der Waals surface area contributed by atoms with Gasteiger partial charge in [0.25, 0.3) is 0 Å². The third-order valence-corrected chi connectivity index (χ3v) is 6.85. The zero-order valence-corrected chi connectivity index (χ0v) is 20.7. The molecule has 1 atom stereocenters. The van der Waals surface area contributed by atoms with E-state index in [1.807, 2.05) is 89.6 Å². The van der Waals surface area contributed by atoms with Crippen molar-refractivity contribution in [1.82, 2.24) is 9.55 Å². The van der Waals surface area contributed by atoms with Gasteiger partial charge in [0.15, 0.2) is 6.10 Å². The highest BCUT2D eigenvalue weighted by Gasteiger charge is 2.19. The number of aromatic nitrogens is 2. The van der Waals surface area contributed by atoms with Crippen LogP contribution in [0.15, 0.2) is 97.6 Å². The number of benzene rings is 3. The highest BCUT2D eigenvalue weighted by Crippen LogP contribution is 2.35. The SMILES string of the molecule is N=C(N)c1cc2c(OC(COC(=O)Nc3ccc(Cn4ccnc4)cc3)c3ccccc3)cccc2s1. The summed E-state index contributed by atoms with van der Waals surface area (Å²) < 4.78 is 14.9. The van der Waals surface area contributed by atoms with Gasteiger partial charge in [-0.2, -0.15) is 0 Å². The molecule has 0 saturated carbocycles. The van der Waals surface area contributed by atoms with Crippen LogP contribution in [-0.2, 0) is 11.3 Å². The standard InChI is InChI=1S/C28H25N5O3S/c29-27(30)26-15-22-23(7-4-8-25(22)37-26)36-24(20-5-2-1-3-6-20)17-35-28(34)32-21-11-9-19(10-12-21)16-33-14-13-31-18-33/h1-15,18,24H,16-17H2,(H3,29,30)(H,32,34). The van der Waals surface area contributed by atoms with Gasteiger partial charge in [0.05, 0.1) is 11.2 Å². The zero-order chi connectivity index (χ0) is 25.6. The van der Waals surface area contributed by atoms with E-state index in [4.69, 9.17) is 20.6 Å². The van der Waals surface area contributed by atoms with Crippen molar-refractivity contribution in [1.29, 1.82) is 5.41 Å². The van der Waals surface area contributed by atoms with Crippen molar-refractivity contribution in [2.75, 3.05) is 11.9 Å². The van der Waals surface area contributed by atoms with Crippen LogP contribution >= 0.6 is 11.3 Å². The lowest BCUT2D eigenvalue weighted by molar-refractivity contribution is 0.0910. The summed E-state index contributed by atoms with van der Waals surface area (Å²) in [7, 11) is 0. The molecule has 3 aromatic carbocycles. The molecule has 0 aliphatic rings. The molecule has 8 nitrogen and oxygen atoms in total. The Morgan fingerprint density at radius 1 is 1.08 bits per heavy atom. The number of anilines is 1. The molecule has 0 bridgehead atoms. The van der Waals surface area contributed by atoms with Crippen LogP contribution in [0, 0.1) is 5.41 Å². The summed E-state index contributed by atoms with van der Waals surface area (Å²) in [6, 6.07) is 24.7. The number of hydrogen-bond donors (Lipinski definition) is 3. The van der Waals surface area contributed by atoms with Crippen molar-refractivity contribution < 1.29 is 14.3 Å². The number of hydrogen-bond acceptors (Lipinski definition) is 6. The maximum Gasteiger partial charge on any atom is 0.411 e. The van der Waals surface area contributed by atoms with Gasteiger partial charge in [0.1, 0.15) is 18.2 Å². The number of ether oxygens (including phenoxy) is 2. The van der Waals surface area contributed by atoms with Gasteiger partial charge in [-0.25, -0.2) is 9.78 Å². The zero-order valence-electron chi connectivity index (χ0n) is 19.8. The topological polar surface area (TPSA) is 115 Å². The van der Waals surface area contributed by atoms with Crippen LogP contribution in [-0.4, -0.2) is 28.1 Å². The van der Waals surface area contributed by atoms with E-state index in [0.29, 0.717) is 22.9 Å². The number of carbonyl (C=O) groups is 1. The van der Waals surface area contributed by atoms with E-state index in [-0.39, 0.29) is 12.4 Å². The third kappa shape index (κ3) is 5.96. The normalized spacial score (nSPS) is 11.7. The van der Waals surface area contributed by atoms with Crippen molar-refractivity contribution in [3.8, 4) is 5.75 Å². The molecule has 0 spiro atoms. The molecule has 2 heterocycles. The van der Waals surface area contributed by atoms with Gasteiger partial charge in [-0.15, -0.1) is 11.3 Å². The van der Waals surface area contributed by atoms with Crippen LogP contribution in [0.5, 0.6) is 5.75 Å². The Labute approximate surface area is 217 Å². The van der Waals surface area contributed by atoms with Crippen LogP contribution in [0.25, 0.3) is 10.1 Å². The van der Waals surface area contributed by atoms with Crippen LogP contribution in [0.3, 0.4) is 0 Å². The maximum absolute atomic E-state index is 12.6. The molecular formula is C28H25N5O3S. The number of nitrogens with zero attached hydrogens (tertiary/aromatic N) is 2. The summed E-state index contributed by atoms with van der Waals surface area (Å²) in [6.45, 7) is 0.709. The minimum absolute atomic E-state index is 0.00858. The lowest BCUT2D eigenvalue weighted by atomic mass is 10.1. The van der Waals surface area contributed by atoms with Gasteiger partial charge >= 0.3 is 6.09 Å². The molecular weight excluding hydrogens is 486 g/mol. The number of rotatable bonds is 9. The number of amidine groups is 1. The molecule has 0 radical (unpaired) electrons. The number of carbonyl (C=O) groups excluding carboxylic acids is 1. The quantitative estimate of drug-likeness (QED) is 0.171. The predicted octanol–water partition coefficient (Wildman–Crippen LogP) is 5.80. The number of nitrogens with two attached hydrogens (primary N) is 1. The Hall–Kier alpha value is -4.63. The third-order valence-electron chi connectivity index (χ3n) is 5.72. The second kappa shape index (κ2) is 11.0. The van der Waals surface area contributed by atoms with Crippen molar-refractivity contribution in [3.05, 3.63) is 114 Å². The largest absolute Gasteiger partial charge is 0.481 e. The van der Waals surface area contributed by atoms with Gasteiger partial charge in [-0.05, 0) is 41.5 Å². The Bertz CT molecular complexity index is 1500. The second-order valence-corrected chi connectivity index (χ2v) is 9.45. The summed E-state index contributed by atoms with van der Waals surface area (Å²) in [6.07, 6.45) is 4.30. The molecule has 0 aliphatic heterocycles. The highest BCUT2D eigenvalue weighted by molar-refractivity contribution is 7.20. The monoisotopic (exact) mass is 511 g/mol. The Morgan fingerprint density at radius 2 is 1.89 bits per heavy atom. The number of nitrogens with one attached hydrogen (secondary N) is 2. The predicted molar refractivity (Wildman–Crippen MR) is 145 cm³/mol. The first-order valence-electron chi connectivity index (χ1n) is 11.6. The first-order valence-corrected chi connectivity index (χ1v) is 12.4. The summed E-state index contributed by atoms with van der Waals surface area (Å²) in [5.41, 5.74) is 8.28. The first kappa shape index (κ1) is 24.1. The molecule has 5 aromatic rings. The summed E-state index contributed by atoms with van der Waals surface area (Å²) in [5.74, 6) is 0.647. The first-order chi connectivity index (χ1) is 18.0. The number of imidazole rings is 1. The molecule has 37 heavy (non-hydrogen) atoms. The summed E-state index contributed by atoms with van der Waals surface area (Å²) in [4.78, 5) is 17.3. The minimum atomic E-state index is -0.570. The molecule has 4 N–H and O–H groups in total. The van der Waals surface area contributed by atoms with Gasteiger partial charge in [0, 0.05) is 34.7 Å². The van der Waals surface area contributed by atoms with E-state index in [2.05, 4.69) is 10.3 Å². The molecule has 2 aromatic heterocycles. The van der Waals surface area contributed by atoms with Crippen LogP contribution in [0.2, 0.25) is 0 Å². The van der Waals surface area contributed by atoms with E-state index >= 15 is 0 Å². The fourth-order valence-corrected chi connectivity index (χ4v) is 4.82. The van der Waals surface area contributed by atoms with Crippen molar-refractivity contribution in [2.24, 2.45) is 5.73 Å². The van der Waals surface area contributed by atoms with Crippen LogP contribution < -0.4 is 15.8 Å². The Kier molecular flexibility index (Phi) is 7.14. The average molecular weight is 512 g/mol. The van der Waals surface area contributed by atoms with E-state index < -0.39 is 12.2 Å². The number of amides is 1. The molecule has 0 aliphatic carbocycles. The molecule has 5 rings (SSSR count). The fraction of sp³-hybridized carbons (Fsp3) is 0.107. The minimum Gasteiger partial charge on any atom is -0.481 e. The Morgan fingerprint density at radius 3 is 2.62 bits per heavy atom. The molecule has 1 unspecified atom stereocenters. The van der Waals surface area contributed by atoms with Gasteiger partial charge in [0.2, 0.25) is 0 Å².